The van der Waals surface area contributed by atoms with Gasteiger partial charge in [-0.1, -0.05) is 42.5 Å². The second-order valence-corrected chi connectivity index (χ2v) is 7.80. The lowest BCUT2D eigenvalue weighted by Gasteiger charge is -2.45. The van der Waals surface area contributed by atoms with Crippen molar-refractivity contribution >= 4 is 11.8 Å². The first-order chi connectivity index (χ1) is 13.5. The van der Waals surface area contributed by atoms with E-state index in [0.717, 1.165) is 18.4 Å². The third kappa shape index (κ3) is 3.14. The van der Waals surface area contributed by atoms with Gasteiger partial charge >= 0.3 is 5.97 Å². The zero-order chi connectivity index (χ0) is 19.7. The van der Waals surface area contributed by atoms with Gasteiger partial charge in [0, 0.05) is 25.0 Å². The quantitative estimate of drug-likeness (QED) is 0.587. The monoisotopic (exact) mass is 381 g/mol. The Morgan fingerprint density at radius 1 is 1.14 bits per heavy atom. The van der Waals surface area contributed by atoms with Gasteiger partial charge in [-0.15, -0.1) is 0 Å². The molecular weight excluding hydrogens is 357 g/mol. The zero-order valence-corrected chi connectivity index (χ0v) is 15.9. The number of halogens is 1. The number of carbonyl (C=O) groups excluding carboxylic acids is 2. The van der Waals surface area contributed by atoms with E-state index >= 15 is 0 Å². The molecule has 2 saturated heterocycles. The molecule has 2 bridgehead atoms. The van der Waals surface area contributed by atoms with Crippen LogP contribution in [-0.4, -0.2) is 35.8 Å². The summed E-state index contributed by atoms with van der Waals surface area (Å²) in [7, 11) is 1.32. The molecule has 28 heavy (non-hydrogen) atoms. The summed E-state index contributed by atoms with van der Waals surface area (Å²) in [6.07, 6.45) is 2.13. The molecule has 0 radical (unpaired) electrons. The largest absolute Gasteiger partial charge is 0.468 e. The summed E-state index contributed by atoms with van der Waals surface area (Å²) in [6, 6.07) is 16.1. The Bertz CT molecular complexity index is 884. The molecule has 0 N–H and O–H groups in total. The fourth-order valence-corrected chi connectivity index (χ4v) is 4.99. The first-order valence-electron chi connectivity index (χ1n) is 9.70. The van der Waals surface area contributed by atoms with Crippen molar-refractivity contribution in [2.24, 2.45) is 5.41 Å². The van der Waals surface area contributed by atoms with Gasteiger partial charge in [-0.2, -0.15) is 0 Å². The molecule has 2 heterocycles. The van der Waals surface area contributed by atoms with Gasteiger partial charge in [0.25, 0.3) is 0 Å². The molecular formula is C23H24FNO3. The lowest BCUT2D eigenvalue weighted by molar-refractivity contribution is -0.167. The highest BCUT2D eigenvalue weighted by atomic mass is 19.1. The van der Waals surface area contributed by atoms with Crippen LogP contribution in [0.5, 0.6) is 0 Å². The van der Waals surface area contributed by atoms with Gasteiger partial charge in [-0.3, -0.25) is 14.5 Å². The Kier molecular flexibility index (Phi) is 5.02. The Morgan fingerprint density at radius 2 is 1.89 bits per heavy atom. The van der Waals surface area contributed by atoms with Crippen LogP contribution < -0.4 is 0 Å². The van der Waals surface area contributed by atoms with Gasteiger partial charge in [0.15, 0.2) is 5.78 Å². The highest BCUT2D eigenvalue weighted by molar-refractivity contribution is 6.06. The number of esters is 1. The topological polar surface area (TPSA) is 46.6 Å². The maximum absolute atomic E-state index is 13.8. The molecule has 2 fully saturated rings. The Morgan fingerprint density at radius 3 is 2.61 bits per heavy atom. The predicted molar refractivity (Wildman–Crippen MR) is 103 cm³/mol. The summed E-state index contributed by atoms with van der Waals surface area (Å²) >= 11 is 0. The van der Waals surface area contributed by atoms with E-state index in [1.54, 1.807) is 12.1 Å². The molecule has 2 aliphatic heterocycles. The van der Waals surface area contributed by atoms with E-state index in [4.69, 9.17) is 4.74 Å². The highest BCUT2D eigenvalue weighted by Gasteiger charge is 2.61. The molecule has 146 valence electrons. The number of nitrogens with zero attached hydrogens (tertiary/aromatic N) is 1. The first kappa shape index (κ1) is 18.8. The van der Waals surface area contributed by atoms with E-state index in [1.807, 2.05) is 18.2 Å². The molecule has 0 aliphatic carbocycles. The van der Waals surface area contributed by atoms with E-state index in [0.29, 0.717) is 18.5 Å². The second-order valence-electron chi connectivity index (χ2n) is 7.80. The number of methoxy groups -OCH3 is 1. The van der Waals surface area contributed by atoms with E-state index in [-0.39, 0.29) is 30.1 Å². The SMILES string of the molecule is COC(=O)C1(Cc2cccc(F)c2)C(=O)CC2CCC1N2Cc1ccccc1. The van der Waals surface area contributed by atoms with Gasteiger partial charge in [0.2, 0.25) is 0 Å². The van der Waals surface area contributed by atoms with E-state index in [2.05, 4.69) is 17.0 Å². The Hall–Kier alpha value is -2.53. The number of ether oxygens (including phenoxy) is 1. The standard InChI is InChI=1S/C23H24FNO3/c1-28-22(27)23(14-17-8-5-9-18(24)12-17)20-11-10-19(13-21(23)26)25(20)15-16-6-3-2-4-7-16/h2-9,12,19-20H,10-11,13-15H2,1H3. The van der Waals surface area contributed by atoms with Gasteiger partial charge < -0.3 is 4.74 Å². The van der Waals surface area contributed by atoms with Crippen LogP contribution in [0.3, 0.4) is 0 Å². The van der Waals surface area contributed by atoms with Crippen LogP contribution >= 0.6 is 0 Å². The average molecular weight is 381 g/mol. The minimum atomic E-state index is -1.29. The maximum atomic E-state index is 13.8. The summed E-state index contributed by atoms with van der Waals surface area (Å²) < 4.78 is 18.9. The van der Waals surface area contributed by atoms with Crippen molar-refractivity contribution < 1.29 is 18.7 Å². The smallest absolute Gasteiger partial charge is 0.321 e. The molecule has 2 aromatic carbocycles. The molecule has 0 spiro atoms. The van der Waals surface area contributed by atoms with Gasteiger partial charge in [-0.25, -0.2) is 4.39 Å². The number of ketones is 1. The number of rotatable bonds is 5. The molecule has 2 aromatic rings. The van der Waals surface area contributed by atoms with Crippen molar-refractivity contribution in [1.82, 2.24) is 4.90 Å². The van der Waals surface area contributed by atoms with Crippen LogP contribution in [0.25, 0.3) is 0 Å². The van der Waals surface area contributed by atoms with Crippen LogP contribution in [0.2, 0.25) is 0 Å². The zero-order valence-electron chi connectivity index (χ0n) is 15.9. The van der Waals surface area contributed by atoms with Crippen molar-refractivity contribution in [3.63, 3.8) is 0 Å². The van der Waals surface area contributed by atoms with Gasteiger partial charge in [-0.05, 0) is 42.5 Å². The van der Waals surface area contributed by atoms with Crippen LogP contribution in [0.1, 0.15) is 30.4 Å². The van der Waals surface area contributed by atoms with Crippen LogP contribution in [-0.2, 0) is 27.3 Å². The number of hydrogen-bond donors (Lipinski definition) is 0. The molecule has 3 unspecified atom stereocenters. The average Bonchev–Trinajstić information content (AvgIpc) is 3.01. The molecule has 3 atom stereocenters. The molecule has 4 nitrogen and oxygen atoms in total. The summed E-state index contributed by atoms with van der Waals surface area (Å²) in [5.74, 6) is -0.961. The Labute approximate surface area is 164 Å². The van der Waals surface area contributed by atoms with E-state index < -0.39 is 11.4 Å². The lowest BCUT2D eigenvalue weighted by atomic mass is 9.68. The maximum Gasteiger partial charge on any atom is 0.321 e. The van der Waals surface area contributed by atoms with Crippen molar-refractivity contribution in [1.29, 1.82) is 0 Å². The predicted octanol–water partition coefficient (Wildman–Crippen LogP) is 3.53. The summed E-state index contributed by atoms with van der Waals surface area (Å²) in [5, 5.41) is 0. The van der Waals surface area contributed by atoms with Crippen LogP contribution in [0.15, 0.2) is 54.6 Å². The number of benzene rings is 2. The van der Waals surface area contributed by atoms with E-state index in [1.165, 1.54) is 19.2 Å². The molecule has 4 rings (SSSR count). The molecule has 0 aromatic heterocycles. The first-order valence-corrected chi connectivity index (χ1v) is 9.70. The lowest BCUT2D eigenvalue weighted by Crippen LogP contribution is -2.61. The van der Waals surface area contributed by atoms with Crippen LogP contribution in [0, 0.1) is 11.2 Å². The highest BCUT2D eigenvalue weighted by Crippen LogP contribution is 2.48. The molecule has 2 aliphatic rings. The third-order valence-corrected chi connectivity index (χ3v) is 6.26. The Balaban J connectivity index is 1.73. The van der Waals surface area contributed by atoms with Crippen molar-refractivity contribution in [2.45, 2.75) is 44.3 Å². The number of fused-ring (bicyclic) bond motifs is 2. The molecule has 0 amide bonds. The number of Topliss-reactive ketones (excluding diaryl/α,β-unsaturated/α-hetero) is 1. The fraction of sp³-hybridized carbons (Fsp3) is 0.391. The van der Waals surface area contributed by atoms with Gasteiger partial charge in [0.05, 0.1) is 7.11 Å². The summed E-state index contributed by atoms with van der Waals surface area (Å²) in [5.41, 5.74) is 0.506. The minimum absolute atomic E-state index is 0.0829. The number of hydrogen-bond acceptors (Lipinski definition) is 4. The number of carbonyl (C=O) groups is 2. The van der Waals surface area contributed by atoms with Gasteiger partial charge in [0.1, 0.15) is 11.2 Å². The van der Waals surface area contributed by atoms with E-state index in [9.17, 15) is 14.0 Å². The second kappa shape index (κ2) is 7.47. The third-order valence-electron chi connectivity index (χ3n) is 6.26. The van der Waals surface area contributed by atoms with Crippen molar-refractivity contribution in [3.05, 3.63) is 71.5 Å². The minimum Gasteiger partial charge on any atom is -0.468 e. The van der Waals surface area contributed by atoms with Crippen molar-refractivity contribution in [2.75, 3.05) is 7.11 Å². The normalized spacial score (nSPS) is 27.0. The molecule has 5 heteroatoms. The summed E-state index contributed by atoms with van der Waals surface area (Å²) in [4.78, 5) is 28.5. The van der Waals surface area contributed by atoms with Crippen molar-refractivity contribution in [3.8, 4) is 0 Å². The fourth-order valence-electron chi connectivity index (χ4n) is 4.99. The molecule has 0 saturated carbocycles. The van der Waals surface area contributed by atoms with Crippen LogP contribution in [0.4, 0.5) is 4.39 Å². The summed E-state index contributed by atoms with van der Waals surface area (Å²) in [6.45, 7) is 0.686. The number of piperidine rings is 1.